The maximum Gasteiger partial charge on any atom is 0.408 e. The summed E-state index contributed by atoms with van der Waals surface area (Å²) in [7, 11) is 0. The molecule has 2 aromatic carbocycles. The fraction of sp³-hybridized carbons (Fsp3) is 0.467. The Hall–Kier alpha value is -3.76. The molecule has 1 fully saturated rings. The van der Waals surface area contributed by atoms with Gasteiger partial charge >= 0.3 is 18.3 Å². The van der Waals surface area contributed by atoms with E-state index in [0.29, 0.717) is 28.3 Å². The number of fused-ring (bicyclic) bond motifs is 1. The van der Waals surface area contributed by atoms with Gasteiger partial charge in [-0.2, -0.15) is 13.2 Å². The predicted octanol–water partition coefficient (Wildman–Crippen LogP) is 4.98. The molecule has 2 aliphatic heterocycles. The van der Waals surface area contributed by atoms with Gasteiger partial charge in [0.1, 0.15) is 17.5 Å². The van der Waals surface area contributed by atoms with E-state index in [-0.39, 0.29) is 31.1 Å². The molecule has 17 heteroatoms. The van der Waals surface area contributed by atoms with Crippen LogP contribution >= 0.6 is 23.4 Å². The molecule has 256 valence electrons. The zero-order valence-electron chi connectivity index (χ0n) is 25.8. The van der Waals surface area contributed by atoms with Crippen molar-refractivity contribution in [3.05, 3.63) is 58.4 Å². The number of hydrogen-bond donors (Lipinski definition) is 4. The Balaban J connectivity index is 1.50. The third kappa shape index (κ3) is 10.6. The number of amides is 5. The van der Waals surface area contributed by atoms with Crippen LogP contribution in [0, 0.1) is 5.82 Å². The summed E-state index contributed by atoms with van der Waals surface area (Å²) in [5.41, 5.74) is 3.74. The number of likely N-dealkylation sites (tertiary alicyclic amines) is 1. The van der Waals surface area contributed by atoms with E-state index in [1.54, 1.807) is 45.0 Å². The number of thioether (sulfide) groups is 1. The van der Waals surface area contributed by atoms with Crippen LogP contribution in [-0.4, -0.2) is 78.1 Å². The topological polar surface area (TPSA) is 132 Å². The van der Waals surface area contributed by atoms with Crippen LogP contribution in [-0.2, 0) is 16.1 Å². The first-order valence-electron chi connectivity index (χ1n) is 14.6. The van der Waals surface area contributed by atoms with Gasteiger partial charge in [-0.15, -0.1) is 11.8 Å². The summed E-state index contributed by atoms with van der Waals surface area (Å²) < 4.78 is 59.0. The van der Waals surface area contributed by atoms with E-state index in [9.17, 15) is 32.3 Å². The smallest absolute Gasteiger partial charge is 0.408 e. The average Bonchev–Trinajstić information content (AvgIpc) is 3.07. The van der Waals surface area contributed by atoms with Crippen LogP contribution in [0.4, 0.5) is 32.8 Å². The molecule has 0 aromatic heterocycles. The number of carbonyl (C=O) groups excluding carboxylic acids is 4. The molecular weight excluding hydrogens is 668 g/mol. The first-order chi connectivity index (χ1) is 22.0. The van der Waals surface area contributed by atoms with Gasteiger partial charge in [-0.3, -0.25) is 19.9 Å². The number of hydrazine groups is 1. The second-order valence-electron chi connectivity index (χ2n) is 12.1. The van der Waals surface area contributed by atoms with E-state index in [0.717, 1.165) is 17.8 Å². The minimum absolute atomic E-state index is 0.0177. The molecule has 0 spiro atoms. The number of piperidine rings is 1. The number of benzene rings is 2. The lowest BCUT2D eigenvalue weighted by atomic mass is 10.1. The van der Waals surface area contributed by atoms with Gasteiger partial charge < -0.3 is 20.3 Å². The second-order valence-corrected chi connectivity index (χ2v) is 13.6. The number of anilines is 1. The number of alkyl halides is 3. The average molecular weight is 703 g/mol. The number of alkyl carbamates (subject to hydrolysis) is 1. The maximum absolute atomic E-state index is 15.3. The SMILES string of the molecule is CC(C)(C)OC(=O)N[C@H]1CSc2cc(F)c(C(=O)NNC(=O)NC3CCCN(CC(F)(F)F)C3)cc2N(Cc2ccc(Cl)cc2)C1=O. The van der Waals surface area contributed by atoms with Crippen LogP contribution in [0.2, 0.25) is 5.02 Å². The highest BCUT2D eigenvalue weighted by atomic mass is 35.5. The summed E-state index contributed by atoms with van der Waals surface area (Å²) in [6, 6.07) is 6.36. The van der Waals surface area contributed by atoms with Crippen LogP contribution < -0.4 is 26.4 Å². The molecular formula is C30H35ClF4N6O5S. The van der Waals surface area contributed by atoms with E-state index in [1.165, 1.54) is 15.9 Å². The van der Waals surface area contributed by atoms with Gasteiger partial charge in [-0.05, 0) is 70.0 Å². The van der Waals surface area contributed by atoms with Gasteiger partial charge in [-0.1, -0.05) is 23.7 Å². The summed E-state index contributed by atoms with van der Waals surface area (Å²) in [4.78, 5) is 54.7. The second kappa shape index (κ2) is 15.0. The molecule has 0 aliphatic carbocycles. The minimum atomic E-state index is -4.38. The van der Waals surface area contributed by atoms with Crippen molar-refractivity contribution in [3.63, 3.8) is 0 Å². The minimum Gasteiger partial charge on any atom is -0.444 e. The Kier molecular flexibility index (Phi) is 11.5. The summed E-state index contributed by atoms with van der Waals surface area (Å²) in [6.45, 7) is 4.12. The fourth-order valence-electron chi connectivity index (χ4n) is 5.06. The lowest BCUT2D eigenvalue weighted by Gasteiger charge is -2.33. The standard InChI is InChI=1S/C30H35ClF4N6O5S/c1-29(2,3)46-28(45)37-22-15-47-24-12-21(32)20(11-23(24)41(26(22)43)13-17-6-8-18(31)9-7-17)25(42)38-39-27(44)36-19-5-4-10-40(14-19)16-30(33,34)35/h6-9,11-12,19,22H,4-5,10,13-16H2,1-3H3,(H,37,45)(H,38,42)(H2,36,39,44)/t19?,22-/m0/s1. The molecule has 2 atom stereocenters. The maximum atomic E-state index is 15.3. The lowest BCUT2D eigenvalue weighted by molar-refractivity contribution is -0.148. The van der Waals surface area contributed by atoms with E-state index >= 15 is 4.39 Å². The number of rotatable bonds is 6. The molecule has 47 heavy (non-hydrogen) atoms. The number of nitrogens with one attached hydrogen (secondary N) is 4. The van der Waals surface area contributed by atoms with Crippen LogP contribution in [0.5, 0.6) is 0 Å². The fourth-order valence-corrected chi connectivity index (χ4v) is 6.26. The van der Waals surface area contributed by atoms with Gasteiger partial charge in [0.2, 0.25) is 0 Å². The summed E-state index contributed by atoms with van der Waals surface area (Å²) in [6.07, 6.45) is -4.32. The van der Waals surface area contributed by atoms with Gasteiger partial charge in [0.15, 0.2) is 0 Å². The van der Waals surface area contributed by atoms with Crippen molar-refractivity contribution in [1.29, 1.82) is 0 Å². The molecule has 0 radical (unpaired) electrons. The van der Waals surface area contributed by atoms with E-state index in [4.69, 9.17) is 16.3 Å². The molecule has 11 nitrogen and oxygen atoms in total. The highest BCUT2D eigenvalue weighted by Crippen LogP contribution is 2.37. The molecule has 2 aliphatic rings. The number of nitrogens with zero attached hydrogens (tertiary/aromatic N) is 2. The molecule has 5 amide bonds. The molecule has 0 bridgehead atoms. The number of urea groups is 1. The zero-order chi connectivity index (χ0) is 34.5. The van der Waals surface area contributed by atoms with Gasteiger partial charge in [0.05, 0.1) is 24.3 Å². The Morgan fingerprint density at radius 1 is 1.06 bits per heavy atom. The lowest BCUT2D eigenvalue weighted by Crippen LogP contribution is -2.55. The Morgan fingerprint density at radius 2 is 1.77 bits per heavy atom. The number of ether oxygens (including phenoxy) is 1. The van der Waals surface area contributed by atoms with Crippen molar-refractivity contribution in [3.8, 4) is 0 Å². The Labute approximate surface area is 278 Å². The highest BCUT2D eigenvalue weighted by Gasteiger charge is 2.35. The molecule has 4 rings (SSSR count). The number of hydrogen-bond acceptors (Lipinski definition) is 7. The quantitative estimate of drug-likeness (QED) is 0.247. The van der Waals surface area contributed by atoms with Crippen molar-refractivity contribution in [1.82, 2.24) is 26.4 Å². The molecule has 1 saturated heterocycles. The van der Waals surface area contributed by atoms with Gasteiger partial charge in [0, 0.05) is 28.3 Å². The summed E-state index contributed by atoms with van der Waals surface area (Å²) in [5, 5.41) is 5.56. The highest BCUT2D eigenvalue weighted by molar-refractivity contribution is 7.99. The van der Waals surface area contributed by atoms with Crippen molar-refractivity contribution in [2.24, 2.45) is 0 Å². The summed E-state index contributed by atoms with van der Waals surface area (Å²) >= 11 is 7.12. The Bertz CT molecular complexity index is 1490. The predicted molar refractivity (Wildman–Crippen MR) is 168 cm³/mol. The van der Waals surface area contributed by atoms with E-state index in [2.05, 4.69) is 21.5 Å². The molecule has 4 N–H and O–H groups in total. The zero-order valence-corrected chi connectivity index (χ0v) is 27.4. The van der Waals surface area contributed by atoms with E-state index < -0.39 is 65.7 Å². The normalized spacial score (nSPS) is 18.9. The van der Waals surface area contributed by atoms with Gasteiger partial charge in [0.25, 0.3) is 11.8 Å². The van der Waals surface area contributed by atoms with Gasteiger partial charge in [-0.25, -0.2) is 19.4 Å². The number of halogens is 5. The third-order valence-corrected chi connectivity index (χ3v) is 8.42. The monoisotopic (exact) mass is 702 g/mol. The van der Waals surface area contributed by atoms with Crippen LogP contribution in [0.3, 0.4) is 0 Å². The largest absolute Gasteiger partial charge is 0.444 e. The molecule has 2 aromatic rings. The molecule has 1 unspecified atom stereocenters. The summed E-state index contributed by atoms with van der Waals surface area (Å²) in [5.74, 6) is -2.49. The molecule has 2 heterocycles. The van der Waals surface area contributed by atoms with Crippen molar-refractivity contribution in [2.75, 3.05) is 30.3 Å². The van der Waals surface area contributed by atoms with E-state index in [1.807, 2.05) is 0 Å². The van der Waals surface area contributed by atoms with Crippen molar-refractivity contribution in [2.45, 2.75) is 68.9 Å². The molecule has 0 saturated carbocycles. The Morgan fingerprint density at radius 3 is 2.43 bits per heavy atom. The van der Waals surface area contributed by atoms with Crippen molar-refractivity contribution < 1.29 is 41.5 Å². The first-order valence-corrected chi connectivity index (χ1v) is 16.0. The van der Waals surface area contributed by atoms with Crippen molar-refractivity contribution >= 4 is 53.0 Å². The first kappa shape index (κ1) is 36.1. The van der Waals surface area contributed by atoms with Crippen LogP contribution in [0.1, 0.15) is 49.5 Å². The number of carbonyl (C=O) groups is 4. The van der Waals surface area contributed by atoms with Crippen LogP contribution in [0.15, 0.2) is 41.3 Å². The van der Waals surface area contributed by atoms with Crippen LogP contribution in [0.25, 0.3) is 0 Å². The third-order valence-electron chi connectivity index (χ3n) is 7.03.